The number of aromatic nitrogens is 1. The van der Waals surface area contributed by atoms with Gasteiger partial charge in [0.15, 0.2) is 0 Å². The maximum atomic E-state index is 12.6. The van der Waals surface area contributed by atoms with Crippen LogP contribution >= 0.6 is 0 Å². The molecule has 1 unspecified atom stereocenters. The molecule has 0 aliphatic carbocycles. The van der Waals surface area contributed by atoms with Crippen molar-refractivity contribution in [3.8, 4) is 5.88 Å². The molecule has 0 saturated carbocycles. The summed E-state index contributed by atoms with van der Waals surface area (Å²) in [5.74, 6) is 0.186. The molecular formula is C16H21N3O3. The van der Waals surface area contributed by atoms with Crippen molar-refractivity contribution in [3.63, 3.8) is 0 Å². The average Bonchev–Trinajstić information content (AvgIpc) is 2.52. The number of carbonyl (C=O) groups excluding carboxylic acids is 2. The van der Waals surface area contributed by atoms with E-state index in [0.29, 0.717) is 30.3 Å². The van der Waals surface area contributed by atoms with Gasteiger partial charge in [0.1, 0.15) is 11.7 Å². The van der Waals surface area contributed by atoms with Gasteiger partial charge in [-0.2, -0.15) is 0 Å². The molecule has 1 aliphatic rings. The van der Waals surface area contributed by atoms with Gasteiger partial charge in [-0.3, -0.25) is 9.59 Å². The van der Waals surface area contributed by atoms with E-state index < -0.39 is 6.04 Å². The van der Waals surface area contributed by atoms with Crippen LogP contribution in [0, 0.1) is 0 Å². The summed E-state index contributed by atoms with van der Waals surface area (Å²) in [6.07, 6.45) is 3.29. The molecule has 0 spiro atoms. The normalized spacial score (nSPS) is 20.7. The highest BCUT2D eigenvalue weighted by Crippen LogP contribution is 2.24. The summed E-state index contributed by atoms with van der Waals surface area (Å²) >= 11 is 0. The van der Waals surface area contributed by atoms with Gasteiger partial charge in [0.25, 0.3) is 5.91 Å². The second-order valence-electron chi connectivity index (χ2n) is 5.02. The van der Waals surface area contributed by atoms with E-state index in [1.807, 2.05) is 19.9 Å². The van der Waals surface area contributed by atoms with E-state index in [4.69, 9.17) is 4.74 Å². The van der Waals surface area contributed by atoms with Gasteiger partial charge in [-0.05, 0) is 39.0 Å². The lowest BCUT2D eigenvalue weighted by molar-refractivity contribution is -0.148. The van der Waals surface area contributed by atoms with Crippen molar-refractivity contribution in [1.29, 1.82) is 0 Å². The molecule has 1 aliphatic heterocycles. The molecule has 1 aromatic rings. The SMILES string of the molecule is CCOc1ncccc1/C=C1/C(=O)N(CC)C(C)C(=O)N1C. The second kappa shape index (κ2) is 6.60. The number of hydrogen-bond donors (Lipinski definition) is 0. The van der Waals surface area contributed by atoms with E-state index in [1.165, 1.54) is 4.90 Å². The van der Waals surface area contributed by atoms with Gasteiger partial charge in [0.2, 0.25) is 11.8 Å². The van der Waals surface area contributed by atoms with Crippen molar-refractivity contribution in [3.05, 3.63) is 29.6 Å². The van der Waals surface area contributed by atoms with E-state index >= 15 is 0 Å². The lowest BCUT2D eigenvalue weighted by Crippen LogP contribution is -2.55. The third-order valence-corrected chi connectivity index (χ3v) is 3.71. The Morgan fingerprint density at radius 3 is 2.73 bits per heavy atom. The van der Waals surface area contributed by atoms with Crippen LogP contribution in [0.5, 0.6) is 5.88 Å². The highest BCUT2D eigenvalue weighted by molar-refractivity contribution is 6.07. The van der Waals surface area contributed by atoms with Crippen molar-refractivity contribution < 1.29 is 14.3 Å². The molecule has 2 heterocycles. The molecule has 1 atom stereocenters. The van der Waals surface area contributed by atoms with Crippen molar-refractivity contribution in [2.75, 3.05) is 20.2 Å². The minimum atomic E-state index is -0.445. The number of likely N-dealkylation sites (N-methyl/N-ethyl adjacent to an activating group) is 2. The molecule has 0 N–H and O–H groups in total. The summed E-state index contributed by atoms with van der Waals surface area (Å²) in [6, 6.07) is 3.13. The van der Waals surface area contributed by atoms with Crippen molar-refractivity contribution in [2.24, 2.45) is 0 Å². The Hall–Kier alpha value is -2.37. The molecule has 0 aromatic carbocycles. The molecule has 2 amide bonds. The first-order chi connectivity index (χ1) is 10.5. The molecule has 0 bridgehead atoms. The predicted octanol–water partition coefficient (Wildman–Crippen LogP) is 1.53. The van der Waals surface area contributed by atoms with Crippen LogP contribution in [-0.2, 0) is 9.59 Å². The number of carbonyl (C=O) groups is 2. The molecule has 1 aromatic heterocycles. The smallest absolute Gasteiger partial charge is 0.271 e. The van der Waals surface area contributed by atoms with E-state index in [1.54, 1.807) is 37.2 Å². The maximum Gasteiger partial charge on any atom is 0.271 e. The fraction of sp³-hybridized carbons (Fsp3) is 0.438. The van der Waals surface area contributed by atoms with E-state index in [2.05, 4.69) is 4.98 Å². The van der Waals surface area contributed by atoms with E-state index in [-0.39, 0.29) is 11.8 Å². The first-order valence-corrected chi connectivity index (χ1v) is 7.39. The third-order valence-electron chi connectivity index (χ3n) is 3.71. The molecule has 2 rings (SSSR count). The Balaban J connectivity index is 2.45. The highest BCUT2D eigenvalue weighted by atomic mass is 16.5. The Labute approximate surface area is 130 Å². The average molecular weight is 303 g/mol. The fourth-order valence-corrected chi connectivity index (χ4v) is 2.49. The van der Waals surface area contributed by atoms with Gasteiger partial charge in [-0.25, -0.2) is 4.98 Å². The van der Waals surface area contributed by atoms with Crippen LogP contribution in [0.4, 0.5) is 0 Å². The zero-order valence-electron chi connectivity index (χ0n) is 13.4. The molecule has 6 heteroatoms. The van der Waals surface area contributed by atoms with Crippen molar-refractivity contribution in [2.45, 2.75) is 26.8 Å². The fourth-order valence-electron chi connectivity index (χ4n) is 2.49. The largest absolute Gasteiger partial charge is 0.478 e. The summed E-state index contributed by atoms with van der Waals surface area (Å²) in [4.78, 5) is 32.0. The zero-order chi connectivity index (χ0) is 16.3. The second-order valence-corrected chi connectivity index (χ2v) is 5.02. The van der Waals surface area contributed by atoms with Gasteiger partial charge in [0, 0.05) is 25.4 Å². The van der Waals surface area contributed by atoms with Gasteiger partial charge < -0.3 is 14.5 Å². The minimum Gasteiger partial charge on any atom is -0.478 e. The van der Waals surface area contributed by atoms with Crippen LogP contribution in [0.2, 0.25) is 0 Å². The predicted molar refractivity (Wildman–Crippen MR) is 83.0 cm³/mol. The number of ether oxygens (including phenoxy) is 1. The van der Waals surface area contributed by atoms with Gasteiger partial charge >= 0.3 is 0 Å². The van der Waals surface area contributed by atoms with Crippen LogP contribution in [0.15, 0.2) is 24.0 Å². The van der Waals surface area contributed by atoms with Crippen LogP contribution in [-0.4, -0.2) is 52.8 Å². The summed E-state index contributed by atoms with van der Waals surface area (Å²) < 4.78 is 5.47. The third kappa shape index (κ3) is 2.81. The summed E-state index contributed by atoms with van der Waals surface area (Å²) in [5, 5.41) is 0. The van der Waals surface area contributed by atoms with Gasteiger partial charge in [-0.1, -0.05) is 0 Å². The molecule has 1 fully saturated rings. The number of hydrogen-bond acceptors (Lipinski definition) is 4. The van der Waals surface area contributed by atoms with Crippen molar-refractivity contribution in [1.82, 2.24) is 14.8 Å². The number of piperazine rings is 1. The minimum absolute atomic E-state index is 0.102. The molecule has 0 radical (unpaired) electrons. The summed E-state index contributed by atoms with van der Waals surface area (Å²) in [5.41, 5.74) is 1.01. The Morgan fingerprint density at radius 1 is 1.36 bits per heavy atom. The number of rotatable bonds is 4. The molecule has 118 valence electrons. The highest BCUT2D eigenvalue weighted by Gasteiger charge is 2.37. The monoisotopic (exact) mass is 303 g/mol. The summed E-state index contributed by atoms with van der Waals surface area (Å²) in [7, 11) is 1.62. The Kier molecular flexibility index (Phi) is 4.80. The first kappa shape index (κ1) is 16.0. The standard InChI is InChI=1S/C16H21N3O3/c1-5-19-11(3)15(20)18(4)13(16(19)21)10-12-8-7-9-17-14(12)22-6-2/h7-11H,5-6H2,1-4H3/b13-10-. The van der Waals surface area contributed by atoms with Gasteiger partial charge in [-0.15, -0.1) is 0 Å². The lowest BCUT2D eigenvalue weighted by atomic mass is 10.1. The lowest BCUT2D eigenvalue weighted by Gasteiger charge is -2.38. The number of pyridine rings is 1. The first-order valence-electron chi connectivity index (χ1n) is 7.39. The molecular weight excluding hydrogens is 282 g/mol. The van der Waals surface area contributed by atoms with Crippen LogP contribution < -0.4 is 4.74 Å². The van der Waals surface area contributed by atoms with E-state index in [9.17, 15) is 9.59 Å². The van der Waals surface area contributed by atoms with Crippen LogP contribution in [0.3, 0.4) is 0 Å². The topological polar surface area (TPSA) is 62.7 Å². The number of amides is 2. The Morgan fingerprint density at radius 2 is 2.09 bits per heavy atom. The molecule has 22 heavy (non-hydrogen) atoms. The maximum absolute atomic E-state index is 12.6. The van der Waals surface area contributed by atoms with E-state index in [0.717, 1.165) is 0 Å². The quantitative estimate of drug-likeness (QED) is 0.791. The number of nitrogens with zero attached hydrogens (tertiary/aromatic N) is 3. The molecule has 6 nitrogen and oxygen atoms in total. The van der Waals surface area contributed by atoms with Crippen LogP contribution in [0.25, 0.3) is 6.08 Å². The van der Waals surface area contributed by atoms with Crippen LogP contribution in [0.1, 0.15) is 26.3 Å². The van der Waals surface area contributed by atoms with Crippen molar-refractivity contribution >= 4 is 17.9 Å². The summed E-state index contributed by atoms with van der Waals surface area (Å²) in [6.45, 7) is 6.44. The Bertz CT molecular complexity index is 612. The van der Waals surface area contributed by atoms with Gasteiger partial charge in [0.05, 0.1) is 6.61 Å². The zero-order valence-corrected chi connectivity index (χ0v) is 13.4. The molecule has 1 saturated heterocycles.